The number of hydroxylamine groups is 2. The van der Waals surface area contributed by atoms with Crippen molar-refractivity contribution >= 4 is 11.9 Å². The molecule has 2 aromatic rings. The van der Waals surface area contributed by atoms with Crippen molar-refractivity contribution in [2.24, 2.45) is 0 Å². The van der Waals surface area contributed by atoms with Crippen LogP contribution in [0.15, 0.2) is 48.5 Å². The van der Waals surface area contributed by atoms with Crippen molar-refractivity contribution in [1.29, 1.82) is 0 Å². The van der Waals surface area contributed by atoms with Crippen LogP contribution in [0.4, 0.5) is 0 Å². The summed E-state index contributed by atoms with van der Waals surface area (Å²) in [5.41, 5.74) is 2.25. The Kier molecular flexibility index (Phi) is 3.42. The van der Waals surface area contributed by atoms with E-state index in [0.717, 1.165) is 5.56 Å². The number of carbonyl (C=O) groups is 2. The first-order valence-corrected chi connectivity index (χ1v) is 6.91. The first kappa shape index (κ1) is 14.3. The highest BCUT2D eigenvalue weighted by atomic mass is 16.5. The van der Waals surface area contributed by atoms with Crippen LogP contribution in [0.5, 0.6) is 0 Å². The third kappa shape index (κ3) is 2.16. The lowest BCUT2D eigenvalue weighted by Gasteiger charge is -2.36. The maximum Gasteiger partial charge on any atom is 0.313 e. The maximum absolute atomic E-state index is 12.3. The molecule has 22 heavy (non-hydrogen) atoms. The Morgan fingerprint density at radius 2 is 1.73 bits per heavy atom. The van der Waals surface area contributed by atoms with Crippen LogP contribution in [0.2, 0.25) is 0 Å². The van der Waals surface area contributed by atoms with Gasteiger partial charge in [0.1, 0.15) is 12.0 Å². The Balaban J connectivity index is 2.18. The molecule has 0 aliphatic carbocycles. The van der Waals surface area contributed by atoms with E-state index >= 15 is 0 Å². The van der Waals surface area contributed by atoms with Crippen LogP contribution in [0.1, 0.15) is 39.0 Å². The molecule has 0 saturated carbocycles. The number of carbonyl (C=O) groups excluding carboxylic acids is 1. The Bertz CT molecular complexity index is 739. The third-order valence-corrected chi connectivity index (χ3v) is 4.00. The summed E-state index contributed by atoms with van der Waals surface area (Å²) in [6.45, 7) is 1.91. The Morgan fingerprint density at radius 3 is 2.36 bits per heavy atom. The molecule has 5 nitrogen and oxygen atoms in total. The third-order valence-electron chi connectivity index (χ3n) is 4.00. The Hall–Kier alpha value is -2.66. The SMILES string of the molecule is Cc1ccc([C@@H]2[C@@H](C(=O)O)c3ccccc3C(=O)N2O)cc1. The van der Waals surface area contributed by atoms with Gasteiger partial charge in [-0.05, 0) is 24.1 Å². The van der Waals surface area contributed by atoms with E-state index in [9.17, 15) is 19.9 Å². The van der Waals surface area contributed by atoms with Gasteiger partial charge in [0, 0.05) is 5.56 Å². The van der Waals surface area contributed by atoms with Crippen molar-refractivity contribution in [1.82, 2.24) is 5.06 Å². The van der Waals surface area contributed by atoms with Gasteiger partial charge in [0.15, 0.2) is 0 Å². The molecule has 1 amide bonds. The number of carboxylic acids is 1. The summed E-state index contributed by atoms with van der Waals surface area (Å²) < 4.78 is 0. The highest BCUT2D eigenvalue weighted by Gasteiger charge is 2.44. The van der Waals surface area contributed by atoms with Gasteiger partial charge in [-0.2, -0.15) is 0 Å². The normalized spacial score (nSPS) is 20.6. The van der Waals surface area contributed by atoms with Crippen LogP contribution in [-0.2, 0) is 4.79 Å². The van der Waals surface area contributed by atoms with Gasteiger partial charge in [0.2, 0.25) is 0 Å². The zero-order valence-electron chi connectivity index (χ0n) is 11.9. The summed E-state index contributed by atoms with van der Waals surface area (Å²) in [5, 5.41) is 20.4. The van der Waals surface area contributed by atoms with Crippen molar-refractivity contribution < 1.29 is 19.9 Å². The largest absolute Gasteiger partial charge is 0.481 e. The maximum atomic E-state index is 12.3. The lowest BCUT2D eigenvalue weighted by molar-refractivity contribution is -0.148. The van der Waals surface area contributed by atoms with Crippen molar-refractivity contribution in [3.63, 3.8) is 0 Å². The van der Waals surface area contributed by atoms with E-state index < -0.39 is 23.8 Å². The molecule has 0 saturated heterocycles. The molecule has 112 valence electrons. The lowest BCUT2D eigenvalue weighted by atomic mass is 9.81. The molecule has 2 aromatic carbocycles. The molecular weight excluding hydrogens is 282 g/mol. The molecule has 0 unspecified atom stereocenters. The minimum absolute atomic E-state index is 0.223. The van der Waals surface area contributed by atoms with E-state index in [1.54, 1.807) is 30.3 Å². The molecule has 0 bridgehead atoms. The fraction of sp³-hybridized carbons (Fsp3) is 0.176. The first-order valence-electron chi connectivity index (χ1n) is 6.91. The van der Waals surface area contributed by atoms with Gasteiger partial charge in [0.05, 0.1) is 0 Å². The van der Waals surface area contributed by atoms with Gasteiger partial charge >= 0.3 is 5.97 Å². The highest BCUT2D eigenvalue weighted by molar-refractivity contribution is 5.99. The average Bonchev–Trinajstić information content (AvgIpc) is 2.51. The summed E-state index contributed by atoms with van der Waals surface area (Å²) in [6, 6.07) is 12.7. The molecule has 3 rings (SSSR count). The second-order valence-corrected chi connectivity index (χ2v) is 5.41. The van der Waals surface area contributed by atoms with Crippen molar-refractivity contribution in [2.45, 2.75) is 18.9 Å². The summed E-state index contributed by atoms with van der Waals surface area (Å²) >= 11 is 0. The number of aryl methyl sites for hydroxylation is 1. The number of amides is 1. The quantitative estimate of drug-likeness (QED) is 0.835. The van der Waals surface area contributed by atoms with Gasteiger partial charge in [-0.25, -0.2) is 5.06 Å². The second-order valence-electron chi connectivity index (χ2n) is 5.41. The standard InChI is InChI=1S/C17H15NO4/c1-10-6-8-11(9-7-10)15-14(17(20)21)12-4-2-3-5-13(12)16(19)18(15)22/h2-9,14-15,22H,1H3,(H,20,21)/t14-,15+/m0/s1. The zero-order chi connectivity index (χ0) is 15.9. The van der Waals surface area contributed by atoms with Crippen LogP contribution >= 0.6 is 0 Å². The van der Waals surface area contributed by atoms with Gasteiger partial charge in [-0.15, -0.1) is 0 Å². The smallest absolute Gasteiger partial charge is 0.313 e. The lowest BCUT2D eigenvalue weighted by Crippen LogP contribution is -2.43. The number of nitrogens with zero attached hydrogens (tertiary/aromatic N) is 1. The predicted molar refractivity (Wildman–Crippen MR) is 78.7 cm³/mol. The second kappa shape index (κ2) is 5.27. The van der Waals surface area contributed by atoms with Crippen LogP contribution in [0.3, 0.4) is 0 Å². The molecule has 2 N–H and O–H groups in total. The number of fused-ring (bicyclic) bond motifs is 1. The zero-order valence-corrected chi connectivity index (χ0v) is 11.9. The topological polar surface area (TPSA) is 77.8 Å². The molecular formula is C17H15NO4. The minimum Gasteiger partial charge on any atom is -0.481 e. The number of carboxylic acid groups (broad SMARTS) is 1. The van der Waals surface area contributed by atoms with Gasteiger partial charge in [-0.3, -0.25) is 14.8 Å². The van der Waals surface area contributed by atoms with E-state index in [1.165, 1.54) is 6.07 Å². The average molecular weight is 297 g/mol. The predicted octanol–water partition coefficient (Wildman–Crippen LogP) is 2.75. The Labute approximate surface area is 127 Å². The summed E-state index contributed by atoms with van der Waals surface area (Å²) in [4.78, 5) is 24.1. The van der Waals surface area contributed by atoms with Crippen molar-refractivity contribution in [3.05, 3.63) is 70.8 Å². The molecule has 1 aliphatic heterocycles. The van der Waals surface area contributed by atoms with Gasteiger partial charge < -0.3 is 5.11 Å². The number of benzene rings is 2. The van der Waals surface area contributed by atoms with E-state index in [1.807, 2.05) is 19.1 Å². The molecule has 0 fully saturated rings. The monoisotopic (exact) mass is 297 g/mol. The number of aliphatic carboxylic acids is 1. The van der Waals surface area contributed by atoms with E-state index in [2.05, 4.69) is 0 Å². The van der Waals surface area contributed by atoms with Crippen molar-refractivity contribution in [3.8, 4) is 0 Å². The molecule has 0 radical (unpaired) electrons. The fourth-order valence-corrected chi connectivity index (χ4v) is 2.89. The summed E-state index contributed by atoms with van der Waals surface area (Å²) in [5.74, 6) is -2.68. The van der Waals surface area contributed by atoms with Crippen LogP contribution in [-0.4, -0.2) is 27.3 Å². The Morgan fingerprint density at radius 1 is 1.09 bits per heavy atom. The number of rotatable bonds is 2. The van der Waals surface area contributed by atoms with E-state index in [4.69, 9.17) is 0 Å². The van der Waals surface area contributed by atoms with Crippen LogP contribution in [0, 0.1) is 6.92 Å². The van der Waals surface area contributed by atoms with Crippen LogP contribution in [0.25, 0.3) is 0 Å². The fourth-order valence-electron chi connectivity index (χ4n) is 2.89. The molecule has 0 spiro atoms. The minimum atomic E-state index is -1.08. The van der Waals surface area contributed by atoms with E-state index in [-0.39, 0.29) is 5.56 Å². The van der Waals surface area contributed by atoms with Gasteiger partial charge in [-0.1, -0.05) is 48.0 Å². The summed E-state index contributed by atoms with van der Waals surface area (Å²) in [6.07, 6.45) is 0. The molecule has 5 heteroatoms. The van der Waals surface area contributed by atoms with Gasteiger partial charge in [0.25, 0.3) is 5.91 Å². The highest BCUT2D eigenvalue weighted by Crippen LogP contribution is 2.41. The first-order chi connectivity index (χ1) is 10.5. The van der Waals surface area contributed by atoms with Crippen molar-refractivity contribution in [2.75, 3.05) is 0 Å². The molecule has 2 atom stereocenters. The summed E-state index contributed by atoms with van der Waals surface area (Å²) in [7, 11) is 0. The van der Waals surface area contributed by atoms with E-state index in [0.29, 0.717) is 16.2 Å². The molecule has 1 heterocycles. The van der Waals surface area contributed by atoms with Crippen LogP contribution < -0.4 is 0 Å². The molecule has 0 aromatic heterocycles. The number of hydrogen-bond donors (Lipinski definition) is 2. The number of hydrogen-bond acceptors (Lipinski definition) is 3. The molecule has 1 aliphatic rings.